The number of halogens is 1. The highest BCUT2D eigenvalue weighted by atomic mass is 35.5. The number of esters is 1. The van der Waals surface area contributed by atoms with Crippen LogP contribution in [-0.2, 0) is 16.0 Å². The van der Waals surface area contributed by atoms with E-state index in [1.165, 1.54) is 21.3 Å². The van der Waals surface area contributed by atoms with Crippen LogP contribution < -0.4 is 14.2 Å². The number of rotatable bonds is 8. The first-order valence-corrected chi connectivity index (χ1v) is 8.09. The van der Waals surface area contributed by atoms with Gasteiger partial charge in [0.05, 0.1) is 33.3 Å². The molecule has 138 valence electrons. The third-order valence-electron chi connectivity index (χ3n) is 3.65. The molecule has 7 heteroatoms. The van der Waals surface area contributed by atoms with Crippen LogP contribution in [0.4, 0.5) is 0 Å². The van der Waals surface area contributed by atoms with Gasteiger partial charge in [0.15, 0.2) is 6.61 Å². The number of Topliss-reactive ketones (excluding diaryl/α,β-unsaturated/α-hetero) is 1. The summed E-state index contributed by atoms with van der Waals surface area (Å²) in [6, 6.07) is 9.73. The van der Waals surface area contributed by atoms with Crippen molar-refractivity contribution in [2.45, 2.75) is 6.42 Å². The largest absolute Gasteiger partial charge is 0.497 e. The SMILES string of the molecule is COc1ccc(C(=O)COC(=O)Cc2cc(Cl)ccc2OC)c(OC)c1. The normalized spacial score (nSPS) is 10.2. The summed E-state index contributed by atoms with van der Waals surface area (Å²) in [5.74, 6) is 0.488. The summed E-state index contributed by atoms with van der Waals surface area (Å²) in [7, 11) is 4.46. The van der Waals surface area contributed by atoms with Gasteiger partial charge in [-0.3, -0.25) is 9.59 Å². The maximum Gasteiger partial charge on any atom is 0.310 e. The van der Waals surface area contributed by atoms with Crippen LogP contribution in [0.3, 0.4) is 0 Å². The van der Waals surface area contributed by atoms with E-state index < -0.39 is 12.6 Å². The van der Waals surface area contributed by atoms with E-state index in [1.54, 1.807) is 36.4 Å². The quantitative estimate of drug-likeness (QED) is 0.518. The number of hydrogen-bond donors (Lipinski definition) is 0. The van der Waals surface area contributed by atoms with E-state index in [-0.39, 0.29) is 12.2 Å². The summed E-state index contributed by atoms with van der Waals surface area (Å²) >= 11 is 5.94. The van der Waals surface area contributed by atoms with E-state index >= 15 is 0 Å². The molecule has 0 saturated carbocycles. The van der Waals surface area contributed by atoms with Gasteiger partial charge in [0, 0.05) is 16.7 Å². The molecule has 0 aliphatic rings. The fourth-order valence-electron chi connectivity index (χ4n) is 2.34. The predicted molar refractivity (Wildman–Crippen MR) is 96.5 cm³/mol. The van der Waals surface area contributed by atoms with E-state index in [1.807, 2.05) is 0 Å². The third-order valence-corrected chi connectivity index (χ3v) is 3.89. The van der Waals surface area contributed by atoms with Crippen molar-refractivity contribution >= 4 is 23.4 Å². The van der Waals surface area contributed by atoms with E-state index in [9.17, 15) is 9.59 Å². The zero-order valence-electron chi connectivity index (χ0n) is 14.7. The Balaban J connectivity index is 2.01. The molecule has 0 atom stereocenters. The van der Waals surface area contributed by atoms with Gasteiger partial charge in [-0.15, -0.1) is 0 Å². The monoisotopic (exact) mass is 378 g/mol. The maximum absolute atomic E-state index is 12.3. The van der Waals surface area contributed by atoms with Crippen molar-refractivity contribution < 1.29 is 28.5 Å². The lowest BCUT2D eigenvalue weighted by atomic mass is 10.1. The highest BCUT2D eigenvalue weighted by molar-refractivity contribution is 6.30. The summed E-state index contributed by atoms with van der Waals surface area (Å²) in [6.07, 6.45) is -0.0588. The van der Waals surface area contributed by atoms with E-state index in [4.69, 9.17) is 30.5 Å². The minimum atomic E-state index is -0.564. The fourth-order valence-corrected chi connectivity index (χ4v) is 2.54. The van der Waals surface area contributed by atoms with Crippen molar-refractivity contribution in [1.82, 2.24) is 0 Å². The van der Waals surface area contributed by atoms with Crippen molar-refractivity contribution in [3.8, 4) is 17.2 Å². The number of ether oxygens (including phenoxy) is 4. The number of ketones is 1. The molecule has 0 unspecified atom stereocenters. The van der Waals surface area contributed by atoms with Gasteiger partial charge < -0.3 is 18.9 Å². The van der Waals surface area contributed by atoms with E-state index in [0.29, 0.717) is 33.4 Å². The minimum absolute atomic E-state index is 0.0588. The molecular weight excluding hydrogens is 360 g/mol. The molecule has 0 aliphatic carbocycles. The van der Waals surface area contributed by atoms with E-state index in [2.05, 4.69) is 0 Å². The van der Waals surface area contributed by atoms with Crippen LogP contribution in [0.25, 0.3) is 0 Å². The average Bonchev–Trinajstić information content (AvgIpc) is 2.65. The molecule has 0 radical (unpaired) electrons. The molecular formula is C19H19ClO6. The Kier molecular flexibility index (Phi) is 6.86. The highest BCUT2D eigenvalue weighted by Gasteiger charge is 2.17. The van der Waals surface area contributed by atoms with Gasteiger partial charge >= 0.3 is 5.97 Å². The molecule has 0 amide bonds. The van der Waals surface area contributed by atoms with Crippen molar-refractivity contribution in [2.75, 3.05) is 27.9 Å². The molecule has 0 bridgehead atoms. The Labute approximate surface area is 156 Å². The molecule has 0 spiro atoms. The smallest absolute Gasteiger partial charge is 0.310 e. The van der Waals surface area contributed by atoms with Gasteiger partial charge in [-0.1, -0.05) is 11.6 Å². The van der Waals surface area contributed by atoms with Gasteiger partial charge in [0.1, 0.15) is 17.2 Å². The number of hydrogen-bond acceptors (Lipinski definition) is 6. The first-order chi connectivity index (χ1) is 12.5. The van der Waals surface area contributed by atoms with Crippen molar-refractivity contribution in [1.29, 1.82) is 0 Å². The van der Waals surface area contributed by atoms with Gasteiger partial charge in [0.25, 0.3) is 0 Å². The molecule has 0 fully saturated rings. The Morgan fingerprint density at radius 1 is 0.923 bits per heavy atom. The standard InChI is InChI=1S/C19H19ClO6/c1-23-14-5-6-15(18(10-14)25-3)16(21)11-26-19(22)9-12-8-13(20)4-7-17(12)24-2/h4-8,10H,9,11H2,1-3H3. The second-order valence-corrected chi connectivity index (χ2v) is 5.72. The predicted octanol–water partition coefficient (Wildman–Crippen LogP) is 3.33. The molecule has 0 aromatic heterocycles. The summed E-state index contributed by atoms with van der Waals surface area (Å²) < 4.78 is 20.5. The molecule has 6 nitrogen and oxygen atoms in total. The molecule has 0 aliphatic heterocycles. The summed E-state index contributed by atoms with van der Waals surface area (Å²) in [4.78, 5) is 24.4. The van der Waals surface area contributed by atoms with E-state index in [0.717, 1.165) is 0 Å². The van der Waals surface area contributed by atoms with Gasteiger partial charge in [-0.2, -0.15) is 0 Å². The van der Waals surface area contributed by atoms with Crippen LogP contribution in [0.15, 0.2) is 36.4 Å². The zero-order chi connectivity index (χ0) is 19.1. The Hall–Kier alpha value is -2.73. The molecule has 0 N–H and O–H groups in total. The molecule has 2 aromatic rings. The first kappa shape index (κ1) is 19.6. The highest BCUT2D eigenvalue weighted by Crippen LogP contribution is 2.25. The van der Waals surface area contributed by atoms with Gasteiger partial charge in [-0.05, 0) is 30.3 Å². The molecule has 2 aromatic carbocycles. The Morgan fingerprint density at radius 2 is 1.65 bits per heavy atom. The van der Waals surface area contributed by atoms with Crippen LogP contribution in [-0.4, -0.2) is 39.7 Å². The Bertz CT molecular complexity index is 803. The average molecular weight is 379 g/mol. The van der Waals surface area contributed by atoms with Gasteiger partial charge in [-0.25, -0.2) is 0 Å². The van der Waals surface area contributed by atoms with Crippen molar-refractivity contribution in [3.63, 3.8) is 0 Å². The van der Waals surface area contributed by atoms with Crippen molar-refractivity contribution in [3.05, 3.63) is 52.5 Å². The summed E-state index contributed by atoms with van der Waals surface area (Å²) in [5, 5.41) is 0.479. The van der Waals surface area contributed by atoms with Crippen LogP contribution in [0.5, 0.6) is 17.2 Å². The third kappa shape index (κ3) is 4.89. The number of carbonyl (C=O) groups is 2. The number of carbonyl (C=O) groups excluding carboxylic acids is 2. The van der Waals surface area contributed by atoms with Crippen molar-refractivity contribution in [2.24, 2.45) is 0 Å². The Morgan fingerprint density at radius 3 is 2.31 bits per heavy atom. The molecule has 0 saturated heterocycles. The van der Waals surface area contributed by atoms with Crippen LogP contribution in [0.1, 0.15) is 15.9 Å². The minimum Gasteiger partial charge on any atom is -0.497 e. The number of methoxy groups -OCH3 is 3. The van der Waals surface area contributed by atoms with Gasteiger partial charge in [0.2, 0.25) is 5.78 Å². The van der Waals surface area contributed by atoms with Crippen LogP contribution in [0.2, 0.25) is 5.02 Å². The second-order valence-electron chi connectivity index (χ2n) is 5.28. The summed E-state index contributed by atoms with van der Waals surface area (Å²) in [5.41, 5.74) is 0.890. The zero-order valence-corrected chi connectivity index (χ0v) is 15.5. The molecule has 2 rings (SSSR count). The lowest BCUT2D eigenvalue weighted by molar-refractivity contribution is -0.141. The first-order valence-electron chi connectivity index (χ1n) is 7.71. The lowest BCUT2D eigenvalue weighted by Crippen LogP contribution is -2.16. The second kappa shape index (κ2) is 9.10. The van der Waals surface area contributed by atoms with Crippen LogP contribution >= 0.6 is 11.6 Å². The maximum atomic E-state index is 12.3. The topological polar surface area (TPSA) is 71.1 Å². The number of benzene rings is 2. The summed E-state index contributed by atoms with van der Waals surface area (Å²) in [6.45, 7) is -0.398. The molecule has 0 heterocycles. The molecule has 26 heavy (non-hydrogen) atoms. The van der Waals surface area contributed by atoms with Crippen LogP contribution in [0, 0.1) is 0 Å². The fraction of sp³-hybridized carbons (Fsp3) is 0.263. The lowest BCUT2D eigenvalue weighted by Gasteiger charge is -2.11.